The van der Waals surface area contributed by atoms with Crippen LogP contribution in [0.5, 0.6) is 0 Å². The van der Waals surface area contributed by atoms with Crippen LogP contribution >= 0.6 is 15.9 Å². The maximum Gasteiger partial charge on any atom is 0.411 e. The smallest absolute Gasteiger partial charge is 0.378 e. The first-order valence-electron chi connectivity index (χ1n) is 3.79. The van der Waals surface area contributed by atoms with Crippen molar-refractivity contribution < 1.29 is 22.6 Å². The summed E-state index contributed by atoms with van der Waals surface area (Å²) < 4.78 is 44.8. The quantitative estimate of drug-likeness (QED) is 0.726. The molecule has 1 aliphatic carbocycles. The van der Waals surface area contributed by atoms with E-state index in [4.69, 9.17) is 4.74 Å². The van der Waals surface area contributed by atoms with Gasteiger partial charge in [-0.3, -0.25) is 0 Å². The molecule has 0 saturated heterocycles. The third kappa shape index (κ3) is 3.11. The summed E-state index contributed by atoms with van der Waals surface area (Å²) in [7, 11) is 1.46. The summed E-state index contributed by atoms with van der Waals surface area (Å²) in [5.74, 6) is 0. The van der Waals surface area contributed by atoms with Gasteiger partial charge in [0.25, 0.3) is 0 Å². The molecule has 78 valence electrons. The van der Waals surface area contributed by atoms with Crippen LogP contribution in [0.1, 0.15) is 6.42 Å². The van der Waals surface area contributed by atoms with Gasteiger partial charge >= 0.3 is 6.18 Å². The van der Waals surface area contributed by atoms with Crippen LogP contribution in [0.25, 0.3) is 0 Å². The first-order valence-corrected chi connectivity index (χ1v) is 4.71. The molecule has 3 unspecified atom stereocenters. The van der Waals surface area contributed by atoms with Crippen LogP contribution in [0.3, 0.4) is 0 Å². The van der Waals surface area contributed by atoms with Crippen molar-refractivity contribution in [3.8, 4) is 0 Å². The number of halogens is 4. The molecule has 0 heterocycles. The van der Waals surface area contributed by atoms with Gasteiger partial charge in [-0.2, -0.15) is 13.2 Å². The van der Waals surface area contributed by atoms with Crippen LogP contribution in [0.15, 0.2) is 0 Å². The monoisotopic (exact) mass is 262 g/mol. The van der Waals surface area contributed by atoms with Crippen LogP contribution in [0, 0.1) is 0 Å². The van der Waals surface area contributed by atoms with Crippen molar-refractivity contribution in [2.24, 2.45) is 0 Å². The Bertz CT molecular complexity index is 174. The maximum absolute atomic E-state index is 11.7. The summed E-state index contributed by atoms with van der Waals surface area (Å²) in [6, 6.07) is 0. The summed E-state index contributed by atoms with van der Waals surface area (Å²) in [5, 5.41) is 0. The van der Waals surface area contributed by atoms with Gasteiger partial charge < -0.3 is 9.47 Å². The average Bonchev–Trinajstić information content (AvgIpc) is 1.96. The van der Waals surface area contributed by atoms with Crippen molar-refractivity contribution in [1.29, 1.82) is 0 Å². The lowest BCUT2D eigenvalue weighted by Crippen LogP contribution is -2.51. The Morgan fingerprint density at radius 1 is 1.46 bits per heavy atom. The van der Waals surface area contributed by atoms with E-state index in [-0.39, 0.29) is 10.9 Å². The van der Waals surface area contributed by atoms with E-state index in [2.05, 4.69) is 20.7 Å². The van der Waals surface area contributed by atoms with Gasteiger partial charge in [0.2, 0.25) is 0 Å². The number of hydrogen-bond donors (Lipinski definition) is 0. The Balaban J connectivity index is 2.24. The van der Waals surface area contributed by atoms with E-state index in [1.165, 1.54) is 7.11 Å². The second kappa shape index (κ2) is 4.14. The Kier molecular flexibility index (Phi) is 3.59. The van der Waals surface area contributed by atoms with Gasteiger partial charge in [0.05, 0.1) is 12.2 Å². The Morgan fingerprint density at radius 3 is 2.46 bits per heavy atom. The molecule has 0 aromatic carbocycles. The van der Waals surface area contributed by atoms with Crippen LogP contribution in [0.4, 0.5) is 13.2 Å². The van der Waals surface area contributed by atoms with E-state index in [9.17, 15) is 13.2 Å². The second-order valence-electron chi connectivity index (χ2n) is 2.92. The summed E-state index contributed by atoms with van der Waals surface area (Å²) in [6.45, 7) is -1.20. The zero-order valence-corrected chi connectivity index (χ0v) is 8.56. The SMILES string of the molecule is COC1C(Br)CC1OCC(F)(F)F. The van der Waals surface area contributed by atoms with Crippen LogP contribution in [0.2, 0.25) is 0 Å². The number of methoxy groups -OCH3 is 1. The minimum atomic E-state index is -4.25. The van der Waals surface area contributed by atoms with Crippen molar-refractivity contribution in [1.82, 2.24) is 0 Å². The molecule has 0 N–H and O–H groups in total. The molecule has 1 aliphatic rings. The Hall–Kier alpha value is 0.190. The molecule has 3 atom stereocenters. The molecule has 0 bridgehead atoms. The lowest BCUT2D eigenvalue weighted by atomic mass is 9.91. The van der Waals surface area contributed by atoms with Gasteiger partial charge in [-0.25, -0.2) is 0 Å². The molecule has 0 aromatic heterocycles. The molecule has 0 spiro atoms. The number of hydrogen-bond acceptors (Lipinski definition) is 2. The maximum atomic E-state index is 11.7. The Morgan fingerprint density at radius 2 is 2.08 bits per heavy atom. The lowest BCUT2D eigenvalue weighted by Gasteiger charge is -2.40. The predicted molar refractivity (Wildman–Crippen MR) is 43.9 cm³/mol. The number of alkyl halides is 4. The van der Waals surface area contributed by atoms with Gasteiger partial charge in [-0.05, 0) is 6.42 Å². The molecule has 0 aromatic rings. The molecule has 2 nitrogen and oxygen atoms in total. The molecular weight excluding hydrogens is 253 g/mol. The first-order chi connectivity index (χ1) is 5.94. The normalized spacial score (nSPS) is 34.4. The molecule has 13 heavy (non-hydrogen) atoms. The van der Waals surface area contributed by atoms with E-state index in [1.807, 2.05) is 0 Å². The average molecular weight is 263 g/mol. The van der Waals surface area contributed by atoms with Crippen molar-refractivity contribution in [3.05, 3.63) is 0 Å². The second-order valence-corrected chi connectivity index (χ2v) is 4.09. The highest BCUT2D eigenvalue weighted by molar-refractivity contribution is 9.09. The number of rotatable bonds is 3. The Labute approximate surface area is 82.5 Å². The topological polar surface area (TPSA) is 18.5 Å². The fourth-order valence-corrected chi connectivity index (χ4v) is 2.12. The highest BCUT2D eigenvalue weighted by Crippen LogP contribution is 2.33. The van der Waals surface area contributed by atoms with Crippen LogP contribution in [-0.2, 0) is 9.47 Å². The van der Waals surface area contributed by atoms with E-state index < -0.39 is 18.9 Å². The summed E-state index contributed by atoms with van der Waals surface area (Å²) >= 11 is 3.26. The molecule has 1 saturated carbocycles. The fraction of sp³-hybridized carbons (Fsp3) is 1.00. The summed E-state index contributed by atoms with van der Waals surface area (Å²) in [5.41, 5.74) is 0. The van der Waals surface area contributed by atoms with Crippen molar-refractivity contribution >= 4 is 15.9 Å². The highest BCUT2D eigenvalue weighted by Gasteiger charge is 2.42. The third-order valence-electron chi connectivity index (χ3n) is 1.91. The standard InChI is InChI=1S/C7H10BrF3O2/c1-12-6-4(8)2-5(6)13-3-7(9,10)11/h4-6H,2-3H2,1H3. The number of ether oxygens (including phenoxy) is 2. The highest BCUT2D eigenvalue weighted by atomic mass is 79.9. The van der Waals surface area contributed by atoms with Gasteiger partial charge in [0, 0.05) is 11.9 Å². The predicted octanol–water partition coefficient (Wildman–Crippen LogP) is 2.12. The molecular formula is C7H10BrF3O2. The van der Waals surface area contributed by atoms with Crippen LogP contribution < -0.4 is 0 Å². The first kappa shape index (κ1) is 11.3. The summed E-state index contributed by atoms with van der Waals surface area (Å²) in [4.78, 5) is 0.107. The lowest BCUT2D eigenvalue weighted by molar-refractivity contribution is -0.209. The van der Waals surface area contributed by atoms with E-state index in [0.717, 1.165) is 0 Å². The van der Waals surface area contributed by atoms with Gasteiger partial charge in [-0.1, -0.05) is 15.9 Å². The van der Waals surface area contributed by atoms with E-state index >= 15 is 0 Å². The molecule has 1 rings (SSSR count). The van der Waals surface area contributed by atoms with Gasteiger partial charge in [-0.15, -0.1) is 0 Å². The van der Waals surface area contributed by atoms with E-state index in [1.54, 1.807) is 0 Å². The van der Waals surface area contributed by atoms with Crippen molar-refractivity contribution in [2.45, 2.75) is 29.6 Å². The van der Waals surface area contributed by atoms with E-state index in [0.29, 0.717) is 6.42 Å². The molecule has 0 amide bonds. The van der Waals surface area contributed by atoms with Crippen LogP contribution in [-0.4, -0.2) is 36.9 Å². The minimum absolute atomic E-state index is 0.107. The largest absolute Gasteiger partial charge is 0.411 e. The fourth-order valence-electron chi connectivity index (χ4n) is 1.19. The minimum Gasteiger partial charge on any atom is -0.378 e. The van der Waals surface area contributed by atoms with Gasteiger partial charge in [0.1, 0.15) is 6.61 Å². The third-order valence-corrected chi connectivity index (χ3v) is 2.81. The zero-order valence-electron chi connectivity index (χ0n) is 6.97. The molecule has 1 fully saturated rings. The molecule has 0 aliphatic heterocycles. The molecule has 0 radical (unpaired) electrons. The van der Waals surface area contributed by atoms with Crippen molar-refractivity contribution in [3.63, 3.8) is 0 Å². The van der Waals surface area contributed by atoms with Gasteiger partial charge in [0.15, 0.2) is 0 Å². The summed E-state index contributed by atoms with van der Waals surface area (Å²) in [6.07, 6.45) is -4.39. The van der Waals surface area contributed by atoms with Crippen molar-refractivity contribution in [2.75, 3.05) is 13.7 Å². The zero-order chi connectivity index (χ0) is 10.1. The molecule has 6 heteroatoms.